The van der Waals surface area contributed by atoms with Gasteiger partial charge in [0.25, 0.3) is 0 Å². The van der Waals surface area contributed by atoms with Crippen molar-refractivity contribution >= 4 is 5.91 Å². The minimum atomic E-state index is 0.195. The number of pyridine rings is 1. The highest BCUT2D eigenvalue weighted by Crippen LogP contribution is 2.34. The van der Waals surface area contributed by atoms with Crippen molar-refractivity contribution in [3.8, 4) is 11.1 Å². The Morgan fingerprint density at radius 2 is 1.92 bits per heavy atom. The van der Waals surface area contributed by atoms with Gasteiger partial charge in [0.2, 0.25) is 5.91 Å². The largest absolute Gasteiger partial charge is 0.342 e. The zero-order valence-corrected chi connectivity index (χ0v) is 14.4. The van der Waals surface area contributed by atoms with E-state index in [0.29, 0.717) is 11.8 Å². The number of carbonyl (C=O) groups is 1. The lowest BCUT2D eigenvalue weighted by atomic mass is 9.88. The maximum atomic E-state index is 12.7. The Labute approximate surface area is 148 Å². The summed E-state index contributed by atoms with van der Waals surface area (Å²) in [4.78, 5) is 18.9. The van der Waals surface area contributed by atoms with Crippen molar-refractivity contribution in [1.82, 2.24) is 20.1 Å². The van der Waals surface area contributed by atoms with Crippen LogP contribution in [-0.2, 0) is 4.79 Å². The molecule has 25 heavy (non-hydrogen) atoms. The van der Waals surface area contributed by atoms with Crippen molar-refractivity contribution in [1.29, 1.82) is 0 Å². The monoisotopic (exact) mass is 336 g/mol. The fourth-order valence-corrected chi connectivity index (χ4v) is 4.03. The minimum absolute atomic E-state index is 0.195. The average Bonchev–Trinajstić information content (AvgIpc) is 3.19. The van der Waals surface area contributed by atoms with E-state index >= 15 is 0 Å². The first kappa shape index (κ1) is 16.1. The predicted molar refractivity (Wildman–Crippen MR) is 96.9 cm³/mol. The van der Waals surface area contributed by atoms with Gasteiger partial charge in [0.05, 0.1) is 6.20 Å². The van der Waals surface area contributed by atoms with Crippen LogP contribution in [0.2, 0.25) is 0 Å². The van der Waals surface area contributed by atoms with E-state index in [1.54, 1.807) is 0 Å². The molecule has 0 bridgehead atoms. The van der Waals surface area contributed by atoms with Gasteiger partial charge in [-0.25, -0.2) is 0 Å². The molecule has 5 heteroatoms. The Hall–Kier alpha value is -2.43. The quantitative estimate of drug-likeness (QED) is 0.872. The maximum absolute atomic E-state index is 12.7. The van der Waals surface area contributed by atoms with Crippen LogP contribution in [0.4, 0.5) is 0 Å². The molecule has 4 rings (SSSR count). The molecule has 1 aliphatic carbocycles. The van der Waals surface area contributed by atoms with Crippen molar-refractivity contribution < 1.29 is 4.79 Å². The number of piperidine rings is 1. The summed E-state index contributed by atoms with van der Waals surface area (Å²) in [6, 6.07) is 4.03. The average molecular weight is 336 g/mol. The Kier molecular flexibility index (Phi) is 4.63. The second kappa shape index (κ2) is 7.21. The van der Waals surface area contributed by atoms with E-state index < -0.39 is 0 Å². The molecule has 0 radical (unpaired) electrons. The van der Waals surface area contributed by atoms with Gasteiger partial charge >= 0.3 is 0 Å². The van der Waals surface area contributed by atoms with Crippen LogP contribution in [0.25, 0.3) is 11.1 Å². The van der Waals surface area contributed by atoms with Gasteiger partial charge in [-0.15, -0.1) is 0 Å². The number of allylic oxidation sites excluding steroid dienone is 2. The highest BCUT2D eigenvalue weighted by molar-refractivity contribution is 5.79. The summed E-state index contributed by atoms with van der Waals surface area (Å²) in [5.74, 6) is 0.976. The van der Waals surface area contributed by atoms with Crippen molar-refractivity contribution in [2.75, 3.05) is 13.1 Å². The summed E-state index contributed by atoms with van der Waals surface area (Å²) in [5.41, 5.74) is 3.50. The van der Waals surface area contributed by atoms with Crippen molar-refractivity contribution in [2.24, 2.45) is 5.92 Å². The zero-order valence-electron chi connectivity index (χ0n) is 14.4. The summed E-state index contributed by atoms with van der Waals surface area (Å²) in [6.45, 7) is 1.69. The Morgan fingerprint density at radius 1 is 1.12 bits per heavy atom. The fourth-order valence-electron chi connectivity index (χ4n) is 4.03. The molecule has 2 aromatic rings. The first-order chi connectivity index (χ1) is 12.3. The highest BCUT2D eigenvalue weighted by atomic mass is 16.2. The zero-order chi connectivity index (χ0) is 17.1. The summed E-state index contributed by atoms with van der Waals surface area (Å²) in [7, 11) is 0. The molecule has 0 unspecified atom stereocenters. The third-order valence-corrected chi connectivity index (χ3v) is 5.49. The van der Waals surface area contributed by atoms with E-state index in [0.717, 1.165) is 56.3 Å². The molecule has 0 aromatic carbocycles. The third kappa shape index (κ3) is 3.36. The van der Waals surface area contributed by atoms with Crippen LogP contribution >= 0.6 is 0 Å². The molecule has 1 N–H and O–H groups in total. The molecule has 130 valence electrons. The van der Waals surface area contributed by atoms with E-state index in [-0.39, 0.29) is 5.92 Å². The summed E-state index contributed by atoms with van der Waals surface area (Å²) >= 11 is 0. The number of rotatable bonds is 3. The number of nitrogens with zero attached hydrogens (tertiary/aromatic N) is 3. The predicted octanol–water partition coefficient (Wildman–Crippen LogP) is 3.53. The second-order valence-corrected chi connectivity index (χ2v) is 7.01. The molecular weight excluding hydrogens is 312 g/mol. The van der Waals surface area contributed by atoms with Gasteiger partial charge in [-0.1, -0.05) is 12.2 Å². The van der Waals surface area contributed by atoms with Crippen LogP contribution in [0.5, 0.6) is 0 Å². The SMILES string of the molecule is O=C([C@@H]1CC=CCC1)N1CCC(c2[nH]ncc2-c2ccncc2)CC1. The Balaban J connectivity index is 1.42. The molecule has 3 heterocycles. The molecule has 1 amide bonds. The first-order valence-electron chi connectivity index (χ1n) is 9.20. The molecule has 1 aliphatic heterocycles. The number of nitrogens with one attached hydrogen (secondary N) is 1. The van der Waals surface area contributed by atoms with Gasteiger partial charge < -0.3 is 4.90 Å². The topological polar surface area (TPSA) is 61.9 Å². The molecule has 2 aliphatic rings. The minimum Gasteiger partial charge on any atom is -0.342 e. The summed E-state index contributed by atoms with van der Waals surface area (Å²) < 4.78 is 0. The van der Waals surface area contributed by atoms with E-state index in [4.69, 9.17) is 0 Å². The molecule has 1 atom stereocenters. The summed E-state index contributed by atoms with van der Waals surface area (Å²) in [5, 5.41) is 7.47. The van der Waals surface area contributed by atoms with E-state index in [9.17, 15) is 4.79 Å². The molecule has 2 aromatic heterocycles. The smallest absolute Gasteiger partial charge is 0.226 e. The summed E-state index contributed by atoms with van der Waals surface area (Å²) in [6.07, 6.45) is 14.8. The number of aromatic nitrogens is 3. The van der Waals surface area contributed by atoms with Crippen LogP contribution < -0.4 is 0 Å². The lowest BCUT2D eigenvalue weighted by molar-refractivity contribution is -0.136. The van der Waals surface area contributed by atoms with Gasteiger partial charge in [0.1, 0.15) is 0 Å². The van der Waals surface area contributed by atoms with Gasteiger partial charge in [0, 0.05) is 48.6 Å². The van der Waals surface area contributed by atoms with Crippen LogP contribution in [0, 0.1) is 5.92 Å². The molecular formula is C20H24N4O. The van der Waals surface area contributed by atoms with Crippen LogP contribution in [-0.4, -0.2) is 39.1 Å². The first-order valence-corrected chi connectivity index (χ1v) is 9.20. The normalized spacial score (nSPS) is 21.4. The molecule has 1 fully saturated rings. The van der Waals surface area contributed by atoms with E-state index in [2.05, 4.69) is 32.2 Å². The van der Waals surface area contributed by atoms with Crippen molar-refractivity contribution in [2.45, 2.75) is 38.0 Å². The van der Waals surface area contributed by atoms with E-state index in [1.807, 2.05) is 30.7 Å². The van der Waals surface area contributed by atoms with Crippen LogP contribution in [0.15, 0.2) is 42.9 Å². The fraction of sp³-hybridized carbons (Fsp3) is 0.450. The number of carbonyl (C=O) groups excluding carboxylic acids is 1. The van der Waals surface area contributed by atoms with Gasteiger partial charge in [-0.2, -0.15) is 5.10 Å². The molecule has 0 spiro atoms. The number of hydrogen-bond acceptors (Lipinski definition) is 3. The van der Waals surface area contributed by atoms with Crippen molar-refractivity contribution in [3.05, 3.63) is 48.6 Å². The van der Waals surface area contributed by atoms with Crippen LogP contribution in [0.1, 0.15) is 43.7 Å². The number of amides is 1. The Morgan fingerprint density at radius 3 is 2.64 bits per heavy atom. The third-order valence-electron chi connectivity index (χ3n) is 5.49. The van der Waals surface area contributed by atoms with Gasteiger partial charge in [-0.3, -0.25) is 14.9 Å². The number of aromatic amines is 1. The molecule has 1 saturated heterocycles. The number of H-pyrrole nitrogens is 1. The highest BCUT2D eigenvalue weighted by Gasteiger charge is 2.30. The number of likely N-dealkylation sites (tertiary alicyclic amines) is 1. The Bertz CT molecular complexity index is 744. The van der Waals surface area contributed by atoms with Crippen LogP contribution in [0.3, 0.4) is 0 Å². The lowest BCUT2D eigenvalue weighted by Gasteiger charge is -2.34. The molecule has 0 saturated carbocycles. The number of hydrogen-bond donors (Lipinski definition) is 1. The standard InChI is InChI=1S/C20H24N4O/c25-20(17-4-2-1-3-5-17)24-12-8-16(9-13-24)19-18(14-22-23-19)15-6-10-21-11-7-15/h1-2,6-7,10-11,14,16-17H,3-5,8-9,12-13H2,(H,22,23)/t17-/m1/s1. The van der Waals surface area contributed by atoms with Gasteiger partial charge in [0.15, 0.2) is 0 Å². The van der Waals surface area contributed by atoms with E-state index in [1.165, 1.54) is 5.69 Å². The lowest BCUT2D eigenvalue weighted by Crippen LogP contribution is -2.41. The molecule has 5 nitrogen and oxygen atoms in total. The van der Waals surface area contributed by atoms with Gasteiger partial charge in [-0.05, 0) is 49.8 Å². The van der Waals surface area contributed by atoms with Crippen molar-refractivity contribution in [3.63, 3.8) is 0 Å². The second-order valence-electron chi connectivity index (χ2n) is 7.01. The maximum Gasteiger partial charge on any atom is 0.226 e.